The van der Waals surface area contributed by atoms with Crippen LogP contribution in [0.4, 0.5) is 0 Å². The van der Waals surface area contributed by atoms with Crippen LogP contribution >= 0.6 is 0 Å². The Morgan fingerprint density at radius 1 is 0.870 bits per heavy atom. The number of aromatic nitrogens is 1. The number of aromatic amines is 1. The molecule has 23 heavy (non-hydrogen) atoms. The highest BCUT2D eigenvalue weighted by atomic mass is 16.5. The van der Waals surface area contributed by atoms with Gasteiger partial charge in [0.15, 0.2) is 5.88 Å². The molecule has 0 saturated heterocycles. The number of benzene rings is 3. The van der Waals surface area contributed by atoms with Gasteiger partial charge in [-0.15, -0.1) is 0 Å². The summed E-state index contributed by atoms with van der Waals surface area (Å²) in [6, 6.07) is 20.0. The van der Waals surface area contributed by atoms with Crippen LogP contribution in [0.25, 0.3) is 32.8 Å². The first-order chi connectivity index (χ1) is 11.3. The first-order valence-corrected chi connectivity index (χ1v) is 7.74. The minimum atomic E-state index is 0.195. The number of para-hydroxylation sites is 1. The van der Waals surface area contributed by atoms with Crippen molar-refractivity contribution in [3.63, 3.8) is 0 Å². The molecule has 0 saturated carbocycles. The molecular weight excluding hydrogens is 286 g/mol. The van der Waals surface area contributed by atoms with Crippen molar-refractivity contribution in [2.45, 2.75) is 6.92 Å². The topological polar surface area (TPSA) is 45.2 Å². The van der Waals surface area contributed by atoms with E-state index < -0.39 is 0 Å². The van der Waals surface area contributed by atoms with Crippen molar-refractivity contribution in [2.75, 3.05) is 6.61 Å². The minimum Gasteiger partial charge on any atom is -0.494 e. The first-order valence-electron chi connectivity index (χ1n) is 7.74. The van der Waals surface area contributed by atoms with E-state index in [1.807, 2.05) is 55.5 Å². The lowest BCUT2D eigenvalue weighted by atomic mass is 9.97. The van der Waals surface area contributed by atoms with E-state index in [4.69, 9.17) is 4.74 Å². The van der Waals surface area contributed by atoms with E-state index in [1.165, 1.54) is 0 Å². The fourth-order valence-corrected chi connectivity index (χ4v) is 3.17. The third-order valence-electron chi connectivity index (χ3n) is 4.14. The maximum absolute atomic E-state index is 10.4. The van der Waals surface area contributed by atoms with E-state index in [0.29, 0.717) is 6.61 Å². The smallest absolute Gasteiger partial charge is 0.197 e. The number of hydrogen-bond donors (Lipinski definition) is 2. The van der Waals surface area contributed by atoms with E-state index in [-0.39, 0.29) is 5.88 Å². The van der Waals surface area contributed by atoms with E-state index in [1.54, 1.807) is 0 Å². The fraction of sp³-hybridized carbons (Fsp3) is 0.100. The molecule has 0 amide bonds. The van der Waals surface area contributed by atoms with Gasteiger partial charge in [0.1, 0.15) is 5.75 Å². The monoisotopic (exact) mass is 303 g/mol. The third-order valence-corrected chi connectivity index (χ3v) is 4.14. The Hall–Kier alpha value is -2.94. The van der Waals surface area contributed by atoms with Gasteiger partial charge in [-0.2, -0.15) is 0 Å². The van der Waals surface area contributed by atoms with Gasteiger partial charge < -0.3 is 14.8 Å². The second kappa shape index (κ2) is 5.36. The lowest BCUT2D eigenvalue weighted by Gasteiger charge is -2.11. The number of fused-ring (bicyclic) bond motifs is 2. The van der Waals surface area contributed by atoms with E-state index in [2.05, 4.69) is 17.1 Å². The Morgan fingerprint density at radius 2 is 1.57 bits per heavy atom. The summed E-state index contributed by atoms with van der Waals surface area (Å²) in [6.07, 6.45) is 0. The Morgan fingerprint density at radius 3 is 2.35 bits per heavy atom. The molecule has 0 bridgehead atoms. The van der Waals surface area contributed by atoms with Crippen LogP contribution in [0.1, 0.15) is 6.92 Å². The van der Waals surface area contributed by atoms with Gasteiger partial charge in [-0.25, -0.2) is 0 Å². The molecule has 1 aromatic heterocycles. The third kappa shape index (κ3) is 2.13. The molecule has 0 aliphatic carbocycles. The minimum absolute atomic E-state index is 0.195. The van der Waals surface area contributed by atoms with E-state index >= 15 is 0 Å². The summed E-state index contributed by atoms with van der Waals surface area (Å²) < 4.78 is 5.74. The normalized spacial score (nSPS) is 11.2. The zero-order valence-corrected chi connectivity index (χ0v) is 12.8. The molecule has 0 unspecified atom stereocenters. The molecule has 3 aromatic carbocycles. The first kappa shape index (κ1) is 13.7. The Kier molecular flexibility index (Phi) is 3.19. The highest BCUT2D eigenvalue weighted by Crippen LogP contribution is 2.42. The molecule has 1 heterocycles. The zero-order chi connectivity index (χ0) is 15.8. The average Bonchev–Trinajstić information content (AvgIpc) is 2.91. The molecule has 0 radical (unpaired) electrons. The van der Waals surface area contributed by atoms with Gasteiger partial charge in [-0.3, -0.25) is 0 Å². The van der Waals surface area contributed by atoms with Crippen molar-refractivity contribution in [3.05, 3.63) is 60.7 Å². The molecular formula is C20H17NO2. The number of hydrogen-bond acceptors (Lipinski definition) is 2. The van der Waals surface area contributed by atoms with Crippen LogP contribution in [-0.4, -0.2) is 16.7 Å². The number of aromatic hydroxyl groups is 1. The summed E-state index contributed by atoms with van der Waals surface area (Å²) in [6.45, 7) is 2.61. The van der Waals surface area contributed by atoms with Crippen LogP contribution in [-0.2, 0) is 0 Å². The van der Waals surface area contributed by atoms with Gasteiger partial charge in [0.05, 0.1) is 12.2 Å². The van der Waals surface area contributed by atoms with Crippen molar-refractivity contribution >= 4 is 21.7 Å². The van der Waals surface area contributed by atoms with Crippen LogP contribution in [0.15, 0.2) is 60.7 Å². The lowest BCUT2D eigenvalue weighted by Crippen LogP contribution is -1.93. The molecule has 0 atom stereocenters. The molecule has 4 aromatic rings. The average molecular weight is 303 g/mol. The highest BCUT2D eigenvalue weighted by molar-refractivity contribution is 6.08. The van der Waals surface area contributed by atoms with Crippen molar-refractivity contribution in [2.24, 2.45) is 0 Å². The van der Waals surface area contributed by atoms with Crippen molar-refractivity contribution in [1.29, 1.82) is 0 Å². The van der Waals surface area contributed by atoms with Crippen molar-refractivity contribution in [1.82, 2.24) is 4.98 Å². The maximum Gasteiger partial charge on any atom is 0.197 e. The quantitative estimate of drug-likeness (QED) is 0.553. The molecule has 0 spiro atoms. The number of nitrogens with one attached hydrogen (secondary N) is 1. The molecule has 0 aliphatic heterocycles. The zero-order valence-electron chi connectivity index (χ0n) is 12.8. The standard InChI is InChI=1S/C20H17NO2/c1-2-23-18-12-11-15(13-7-3-4-8-14(13)18)19-16-9-5-6-10-17(16)21-20(19)22/h3-12,21-22H,2H2,1H3. The van der Waals surface area contributed by atoms with Crippen LogP contribution in [0.2, 0.25) is 0 Å². The fourth-order valence-electron chi connectivity index (χ4n) is 3.17. The summed E-state index contributed by atoms with van der Waals surface area (Å²) in [5.41, 5.74) is 2.76. The predicted octanol–water partition coefficient (Wildman–Crippen LogP) is 5.09. The summed E-state index contributed by atoms with van der Waals surface area (Å²) in [5.74, 6) is 1.06. The Labute approximate surface area is 134 Å². The number of rotatable bonds is 3. The lowest BCUT2D eigenvalue weighted by molar-refractivity contribution is 0.344. The largest absolute Gasteiger partial charge is 0.494 e. The molecule has 3 heteroatoms. The molecule has 0 aliphatic rings. The van der Waals surface area contributed by atoms with Crippen molar-refractivity contribution in [3.8, 4) is 22.8 Å². The van der Waals surface area contributed by atoms with Crippen LogP contribution in [0, 0.1) is 0 Å². The highest BCUT2D eigenvalue weighted by Gasteiger charge is 2.16. The van der Waals surface area contributed by atoms with Gasteiger partial charge in [0.2, 0.25) is 0 Å². The molecule has 4 rings (SSSR count). The van der Waals surface area contributed by atoms with Gasteiger partial charge in [0, 0.05) is 16.3 Å². The molecule has 114 valence electrons. The van der Waals surface area contributed by atoms with E-state index in [9.17, 15) is 5.11 Å². The second-order valence-electron chi connectivity index (χ2n) is 5.48. The van der Waals surface area contributed by atoms with Gasteiger partial charge in [-0.05, 0) is 36.1 Å². The Bertz CT molecular complexity index is 1000. The van der Waals surface area contributed by atoms with Gasteiger partial charge in [0.25, 0.3) is 0 Å². The van der Waals surface area contributed by atoms with Crippen molar-refractivity contribution < 1.29 is 9.84 Å². The SMILES string of the molecule is CCOc1ccc(-c2c(O)[nH]c3ccccc23)c2ccccc12. The number of ether oxygens (including phenoxy) is 1. The summed E-state index contributed by atoms with van der Waals surface area (Å²) >= 11 is 0. The maximum atomic E-state index is 10.4. The van der Waals surface area contributed by atoms with Gasteiger partial charge >= 0.3 is 0 Å². The molecule has 3 nitrogen and oxygen atoms in total. The van der Waals surface area contributed by atoms with Crippen LogP contribution in [0.3, 0.4) is 0 Å². The molecule has 0 fully saturated rings. The summed E-state index contributed by atoms with van der Waals surface area (Å²) in [5, 5.41) is 13.6. The summed E-state index contributed by atoms with van der Waals surface area (Å²) in [4.78, 5) is 3.05. The van der Waals surface area contributed by atoms with Gasteiger partial charge in [-0.1, -0.05) is 42.5 Å². The summed E-state index contributed by atoms with van der Waals surface area (Å²) in [7, 11) is 0. The van der Waals surface area contributed by atoms with E-state index in [0.717, 1.165) is 38.6 Å². The van der Waals surface area contributed by atoms with Crippen LogP contribution in [0.5, 0.6) is 11.6 Å². The predicted molar refractivity (Wildman–Crippen MR) is 94.1 cm³/mol. The Balaban J connectivity index is 2.06. The van der Waals surface area contributed by atoms with Crippen LogP contribution < -0.4 is 4.74 Å². The number of H-pyrrole nitrogens is 1. The molecule has 2 N–H and O–H groups in total. The second-order valence-corrected chi connectivity index (χ2v) is 5.48.